The molecule has 8 nitrogen and oxygen atoms in total. The van der Waals surface area contributed by atoms with Crippen molar-refractivity contribution in [3.8, 4) is 0 Å². The Morgan fingerprint density at radius 2 is 1.84 bits per heavy atom. The van der Waals surface area contributed by atoms with Gasteiger partial charge in [-0.1, -0.05) is 25.0 Å². The van der Waals surface area contributed by atoms with Crippen molar-refractivity contribution in [3.05, 3.63) is 47.0 Å². The number of benzene rings is 1. The van der Waals surface area contributed by atoms with Crippen LogP contribution in [0.1, 0.15) is 57.0 Å². The fraction of sp³-hybridized carbons (Fsp3) is 0.522. The molecule has 0 spiro atoms. The molecule has 5 rings (SSSR count). The zero-order chi connectivity index (χ0) is 21.2. The maximum absolute atomic E-state index is 12.5. The number of nitrogens with zero attached hydrogens (tertiary/aromatic N) is 4. The van der Waals surface area contributed by atoms with E-state index >= 15 is 0 Å². The molecule has 0 atom stereocenters. The fourth-order valence-electron chi connectivity index (χ4n) is 5.16. The molecular formula is C23H30N6O2. The summed E-state index contributed by atoms with van der Waals surface area (Å²) in [5.41, 5.74) is 1.84. The minimum absolute atomic E-state index is 0.0297. The molecule has 3 heterocycles. The Bertz CT molecular complexity index is 1100. The number of nitrogens with one attached hydrogen (secondary N) is 2. The molecule has 1 aliphatic heterocycles. The summed E-state index contributed by atoms with van der Waals surface area (Å²) >= 11 is 0. The summed E-state index contributed by atoms with van der Waals surface area (Å²) in [4.78, 5) is 30.3. The SMILES string of the molecule is O=C(CCN1CCC(n2c(=O)[nH]c3ccccc32)CC1)Nc1ccnn1C1CCCC1. The maximum atomic E-state index is 12.5. The lowest BCUT2D eigenvalue weighted by molar-refractivity contribution is -0.116. The summed E-state index contributed by atoms with van der Waals surface area (Å²) in [5, 5.41) is 7.47. The molecule has 0 bridgehead atoms. The summed E-state index contributed by atoms with van der Waals surface area (Å²) in [6.07, 6.45) is 8.81. The van der Waals surface area contributed by atoms with Gasteiger partial charge in [-0.25, -0.2) is 9.48 Å². The standard InChI is InChI=1S/C23H30N6O2/c30-22(26-21-9-13-24-29(21)18-5-1-2-6-18)12-16-27-14-10-17(11-15-27)28-20-8-4-3-7-19(20)25-23(28)31/h3-4,7-9,13,17-18H,1-2,5-6,10-12,14-16H2,(H,25,31)(H,26,30). The number of rotatable bonds is 6. The summed E-state index contributed by atoms with van der Waals surface area (Å²) in [5.74, 6) is 0.851. The maximum Gasteiger partial charge on any atom is 0.326 e. The minimum Gasteiger partial charge on any atom is -0.311 e. The largest absolute Gasteiger partial charge is 0.326 e. The van der Waals surface area contributed by atoms with Crippen LogP contribution >= 0.6 is 0 Å². The number of likely N-dealkylation sites (tertiary alicyclic amines) is 1. The quantitative estimate of drug-likeness (QED) is 0.638. The van der Waals surface area contributed by atoms with E-state index in [2.05, 4.69) is 20.3 Å². The molecule has 8 heteroatoms. The topological polar surface area (TPSA) is 87.9 Å². The molecule has 2 N–H and O–H groups in total. The molecule has 1 saturated carbocycles. The van der Waals surface area contributed by atoms with E-state index in [1.54, 1.807) is 6.20 Å². The Hall–Kier alpha value is -2.87. The molecule has 1 saturated heterocycles. The van der Waals surface area contributed by atoms with E-state index < -0.39 is 0 Å². The first kappa shape index (κ1) is 20.1. The molecule has 1 amide bonds. The zero-order valence-corrected chi connectivity index (χ0v) is 17.8. The van der Waals surface area contributed by atoms with Crippen molar-refractivity contribution >= 4 is 22.8 Å². The van der Waals surface area contributed by atoms with Crippen molar-refractivity contribution in [3.63, 3.8) is 0 Å². The fourth-order valence-corrected chi connectivity index (χ4v) is 5.16. The average Bonchev–Trinajstić information content (AvgIpc) is 3.52. The van der Waals surface area contributed by atoms with Crippen LogP contribution < -0.4 is 11.0 Å². The Kier molecular flexibility index (Phi) is 5.63. The Morgan fingerprint density at radius 1 is 1.06 bits per heavy atom. The third-order valence-corrected chi connectivity index (χ3v) is 6.81. The number of fused-ring (bicyclic) bond motifs is 1. The van der Waals surface area contributed by atoms with Gasteiger partial charge >= 0.3 is 5.69 Å². The number of hydrogen-bond donors (Lipinski definition) is 2. The van der Waals surface area contributed by atoms with Crippen LogP contribution in [-0.2, 0) is 4.79 Å². The molecule has 164 valence electrons. The number of aromatic amines is 1. The normalized spacial score (nSPS) is 18.7. The van der Waals surface area contributed by atoms with Gasteiger partial charge in [0.2, 0.25) is 5.91 Å². The van der Waals surface area contributed by atoms with E-state index in [9.17, 15) is 9.59 Å². The molecule has 0 unspecified atom stereocenters. The number of aromatic nitrogens is 4. The number of carbonyl (C=O) groups is 1. The first-order valence-electron chi connectivity index (χ1n) is 11.4. The highest BCUT2D eigenvalue weighted by atomic mass is 16.2. The third-order valence-electron chi connectivity index (χ3n) is 6.81. The molecule has 31 heavy (non-hydrogen) atoms. The summed E-state index contributed by atoms with van der Waals surface area (Å²) in [6.45, 7) is 2.52. The predicted octanol–water partition coefficient (Wildman–Crippen LogP) is 3.31. The predicted molar refractivity (Wildman–Crippen MR) is 120 cm³/mol. The number of imidazole rings is 1. The Morgan fingerprint density at radius 3 is 2.65 bits per heavy atom. The second kappa shape index (κ2) is 8.70. The van der Waals surface area contributed by atoms with Crippen molar-refractivity contribution in [2.75, 3.05) is 25.0 Å². The molecule has 0 radical (unpaired) electrons. The number of para-hydroxylation sites is 2. The first-order valence-corrected chi connectivity index (χ1v) is 11.4. The smallest absolute Gasteiger partial charge is 0.311 e. The highest BCUT2D eigenvalue weighted by Gasteiger charge is 2.24. The van der Waals surface area contributed by atoms with Gasteiger partial charge < -0.3 is 15.2 Å². The summed E-state index contributed by atoms with van der Waals surface area (Å²) in [6, 6.07) is 10.4. The molecule has 1 aliphatic carbocycles. The molecular weight excluding hydrogens is 392 g/mol. The van der Waals surface area contributed by atoms with Crippen molar-refractivity contribution in [1.82, 2.24) is 24.2 Å². The number of amides is 1. The first-order chi connectivity index (χ1) is 15.2. The number of hydrogen-bond acceptors (Lipinski definition) is 4. The van der Waals surface area contributed by atoms with Crippen LogP contribution in [-0.4, -0.2) is 49.8 Å². The van der Waals surface area contributed by atoms with Gasteiger partial charge in [0.05, 0.1) is 23.3 Å². The lowest BCUT2D eigenvalue weighted by atomic mass is 10.0. The van der Waals surface area contributed by atoms with E-state index in [-0.39, 0.29) is 17.6 Å². The number of piperidine rings is 1. The van der Waals surface area contributed by atoms with Crippen molar-refractivity contribution in [1.29, 1.82) is 0 Å². The van der Waals surface area contributed by atoms with E-state index in [1.165, 1.54) is 12.8 Å². The number of carbonyl (C=O) groups excluding carboxylic acids is 1. The number of H-pyrrole nitrogens is 1. The Labute approximate surface area is 181 Å². The average molecular weight is 423 g/mol. The molecule has 1 aromatic carbocycles. The lowest BCUT2D eigenvalue weighted by Crippen LogP contribution is -2.38. The molecule has 2 aliphatic rings. The number of anilines is 1. The van der Waals surface area contributed by atoms with Crippen LogP contribution in [0.3, 0.4) is 0 Å². The van der Waals surface area contributed by atoms with Gasteiger partial charge in [-0.15, -0.1) is 0 Å². The molecule has 2 fully saturated rings. The molecule has 2 aromatic heterocycles. The molecule has 3 aromatic rings. The monoisotopic (exact) mass is 422 g/mol. The second-order valence-electron chi connectivity index (χ2n) is 8.79. The van der Waals surface area contributed by atoms with E-state index in [0.29, 0.717) is 12.5 Å². The summed E-state index contributed by atoms with van der Waals surface area (Å²) in [7, 11) is 0. The van der Waals surface area contributed by atoms with Gasteiger partial charge in [-0.05, 0) is 37.8 Å². The van der Waals surface area contributed by atoms with Crippen molar-refractivity contribution < 1.29 is 4.79 Å². The van der Waals surface area contributed by atoms with Crippen LogP contribution in [0.25, 0.3) is 11.0 Å². The van der Waals surface area contributed by atoms with Crippen LogP contribution in [0.2, 0.25) is 0 Å². The van der Waals surface area contributed by atoms with Gasteiger partial charge in [0.1, 0.15) is 5.82 Å². The van der Waals surface area contributed by atoms with Crippen LogP contribution in [0.4, 0.5) is 5.82 Å². The van der Waals surface area contributed by atoms with Gasteiger partial charge in [0, 0.05) is 38.2 Å². The lowest BCUT2D eigenvalue weighted by Gasteiger charge is -2.32. The van der Waals surface area contributed by atoms with Crippen LogP contribution in [0.15, 0.2) is 41.3 Å². The van der Waals surface area contributed by atoms with Crippen LogP contribution in [0.5, 0.6) is 0 Å². The minimum atomic E-state index is -0.0297. The van der Waals surface area contributed by atoms with E-state index in [0.717, 1.165) is 62.2 Å². The highest BCUT2D eigenvalue weighted by molar-refractivity contribution is 5.89. The highest BCUT2D eigenvalue weighted by Crippen LogP contribution is 2.31. The van der Waals surface area contributed by atoms with E-state index in [4.69, 9.17) is 0 Å². The van der Waals surface area contributed by atoms with E-state index in [1.807, 2.05) is 39.6 Å². The van der Waals surface area contributed by atoms with Gasteiger partial charge in [-0.2, -0.15) is 5.10 Å². The van der Waals surface area contributed by atoms with Gasteiger partial charge in [0.25, 0.3) is 0 Å². The van der Waals surface area contributed by atoms with Gasteiger partial charge in [-0.3, -0.25) is 9.36 Å². The summed E-state index contributed by atoms with van der Waals surface area (Å²) < 4.78 is 3.89. The zero-order valence-electron chi connectivity index (χ0n) is 17.8. The van der Waals surface area contributed by atoms with Crippen LogP contribution in [0, 0.1) is 0 Å². The third kappa shape index (κ3) is 4.17. The van der Waals surface area contributed by atoms with Crippen molar-refractivity contribution in [2.24, 2.45) is 0 Å². The Balaban J connectivity index is 1.13. The van der Waals surface area contributed by atoms with Crippen molar-refractivity contribution in [2.45, 2.75) is 57.0 Å². The second-order valence-corrected chi connectivity index (χ2v) is 8.79. The van der Waals surface area contributed by atoms with Gasteiger partial charge in [0.15, 0.2) is 0 Å².